The molecule has 1 amide bonds. The minimum atomic E-state index is -0.161. The van der Waals surface area contributed by atoms with Gasteiger partial charge in [0.25, 0.3) is 0 Å². The molecule has 4 rings (SSSR count). The summed E-state index contributed by atoms with van der Waals surface area (Å²) in [6.45, 7) is 1.83. The number of aromatic amines is 1. The number of carbonyl (C=O) groups is 1. The molecule has 28 heavy (non-hydrogen) atoms. The predicted octanol–water partition coefficient (Wildman–Crippen LogP) is 1.37. The number of hydrogen-bond donors (Lipinski definition) is 1. The van der Waals surface area contributed by atoms with Crippen LogP contribution in [0.4, 0.5) is 0 Å². The third-order valence-electron chi connectivity index (χ3n) is 5.15. The summed E-state index contributed by atoms with van der Waals surface area (Å²) >= 11 is 0. The van der Waals surface area contributed by atoms with Gasteiger partial charge in [-0.2, -0.15) is 10.2 Å². The van der Waals surface area contributed by atoms with Crippen molar-refractivity contribution < 1.29 is 9.53 Å². The summed E-state index contributed by atoms with van der Waals surface area (Å²) in [5.41, 5.74) is 2.72. The Bertz CT molecular complexity index is 962. The number of fused-ring (bicyclic) bond motifs is 1. The summed E-state index contributed by atoms with van der Waals surface area (Å²) in [4.78, 5) is 17.3. The molecule has 148 valence electrons. The van der Waals surface area contributed by atoms with E-state index in [-0.39, 0.29) is 24.5 Å². The second-order valence-corrected chi connectivity index (χ2v) is 7.55. The molecular weight excluding hydrogens is 356 g/mol. The van der Waals surface area contributed by atoms with E-state index >= 15 is 0 Å². The van der Waals surface area contributed by atoms with Gasteiger partial charge in [0, 0.05) is 37.3 Å². The van der Waals surface area contributed by atoms with Crippen molar-refractivity contribution in [2.24, 2.45) is 7.05 Å². The average Bonchev–Trinajstić information content (AvgIpc) is 3.27. The highest BCUT2D eigenvalue weighted by Crippen LogP contribution is 2.31. The zero-order chi connectivity index (χ0) is 19.7. The van der Waals surface area contributed by atoms with Crippen LogP contribution in [0.1, 0.15) is 17.3 Å². The van der Waals surface area contributed by atoms with Crippen molar-refractivity contribution in [2.45, 2.75) is 18.6 Å². The van der Waals surface area contributed by atoms with Crippen molar-refractivity contribution >= 4 is 16.8 Å². The van der Waals surface area contributed by atoms with Gasteiger partial charge in [-0.05, 0) is 20.2 Å². The number of nitrogens with one attached hydrogen (secondary N) is 1. The van der Waals surface area contributed by atoms with Gasteiger partial charge in [-0.25, -0.2) is 0 Å². The van der Waals surface area contributed by atoms with Crippen LogP contribution in [-0.4, -0.2) is 75.6 Å². The van der Waals surface area contributed by atoms with Gasteiger partial charge in [0.15, 0.2) is 0 Å². The summed E-state index contributed by atoms with van der Waals surface area (Å²) in [6.07, 6.45) is 3.98. The normalized spacial score (nSPS) is 20.2. The van der Waals surface area contributed by atoms with Crippen LogP contribution < -0.4 is 0 Å². The van der Waals surface area contributed by atoms with Crippen molar-refractivity contribution in [1.29, 1.82) is 0 Å². The number of rotatable bonds is 5. The number of para-hydroxylation sites is 1. The maximum Gasteiger partial charge on any atom is 0.229 e. The highest BCUT2D eigenvalue weighted by atomic mass is 16.5. The molecule has 2 aromatic heterocycles. The van der Waals surface area contributed by atoms with Gasteiger partial charge in [-0.15, -0.1) is 0 Å². The maximum absolute atomic E-state index is 13.3. The molecule has 2 atom stereocenters. The predicted molar refractivity (Wildman–Crippen MR) is 106 cm³/mol. The molecule has 3 heterocycles. The highest BCUT2D eigenvalue weighted by molar-refractivity contribution is 5.87. The van der Waals surface area contributed by atoms with Crippen molar-refractivity contribution in [3.63, 3.8) is 0 Å². The van der Waals surface area contributed by atoms with Crippen LogP contribution in [-0.2, 0) is 23.0 Å². The standard InChI is InChI=1S/C20H26N6O2/c1-24(2)13-18-20(14-11-21-25(3)12-14)26(8-9-28-18)19(27)10-17-15-6-4-5-7-16(15)22-23-17/h4-7,11-12,18,20H,8-10,13H2,1-3H3,(H,22,23)/t18-,20-/m0/s1. The number of aromatic nitrogens is 4. The number of hydrogen-bond acceptors (Lipinski definition) is 5. The number of carbonyl (C=O) groups excluding carboxylic acids is 1. The lowest BCUT2D eigenvalue weighted by atomic mass is 9.99. The Morgan fingerprint density at radius 2 is 2.18 bits per heavy atom. The molecule has 1 N–H and O–H groups in total. The van der Waals surface area contributed by atoms with Gasteiger partial charge in [0.2, 0.25) is 5.91 Å². The maximum atomic E-state index is 13.3. The quantitative estimate of drug-likeness (QED) is 0.721. The van der Waals surface area contributed by atoms with E-state index in [9.17, 15) is 4.79 Å². The van der Waals surface area contributed by atoms with E-state index in [1.165, 1.54) is 0 Å². The summed E-state index contributed by atoms with van der Waals surface area (Å²) < 4.78 is 7.82. The van der Waals surface area contributed by atoms with Crippen molar-refractivity contribution in [3.05, 3.63) is 47.9 Å². The summed E-state index contributed by atoms with van der Waals surface area (Å²) in [5, 5.41) is 12.6. The van der Waals surface area contributed by atoms with Crippen molar-refractivity contribution in [3.8, 4) is 0 Å². The minimum absolute atomic E-state index is 0.0651. The van der Waals surface area contributed by atoms with E-state index in [0.717, 1.165) is 28.7 Å². The van der Waals surface area contributed by atoms with Gasteiger partial charge in [0.1, 0.15) is 0 Å². The lowest BCUT2D eigenvalue weighted by Crippen LogP contribution is -2.51. The van der Waals surface area contributed by atoms with Gasteiger partial charge in [0.05, 0.1) is 42.6 Å². The van der Waals surface area contributed by atoms with Crippen molar-refractivity contribution in [1.82, 2.24) is 29.8 Å². The summed E-state index contributed by atoms with van der Waals surface area (Å²) in [5.74, 6) is 0.0651. The zero-order valence-electron chi connectivity index (χ0n) is 16.5. The third-order valence-corrected chi connectivity index (χ3v) is 5.15. The molecule has 0 spiro atoms. The fourth-order valence-electron chi connectivity index (χ4n) is 3.91. The molecule has 1 aromatic carbocycles. The zero-order valence-corrected chi connectivity index (χ0v) is 16.5. The molecule has 0 radical (unpaired) electrons. The molecule has 8 nitrogen and oxygen atoms in total. The van der Waals surface area contributed by atoms with Gasteiger partial charge >= 0.3 is 0 Å². The van der Waals surface area contributed by atoms with E-state index in [1.807, 2.05) is 62.7 Å². The van der Waals surface area contributed by atoms with Crippen molar-refractivity contribution in [2.75, 3.05) is 33.8 Å². The van der Waals surface area contributed by atoms with Crippen LogP contribution >= 0.6 is 0 Å². The number of amides is 1. The second kappa shape index (κ2) is 7.73. The Labute approximate surface area is 164 Å². The molecule has 0 saturated carbocycles. The molecule has 1 fully saturated rings. The smallest absolute Gasteiger partial charge is 0.229 e. The fraction of sp³-hybridized carbons (Fsp3) is 0.450. The molecule has 0 aliphatic carbocycles. The van der Waals surface area contributed by atoms with Crippen LogP contribution in [0.5, 0.6) is 0 Å². The number of morpholine rings is 1. The lowest BCUT2D eigenvalue weighted by molar-refractivity contribution is -0.147. The van der Waals surface area contributed by atoms with Crippen LogP contribution in [0.25, 0.3) is 10.9 Å². The Hall–Kier alpha value is -2.71. The minimum Gasteiger partial charge on any atom is -0.373 e. The molecule has 8 heteroatoms. The molecule has 1 aliphatic rings. The molecule has 1 saturated heterocycles. The first-order chi connectivity index (χ1) is 13.5. The number of nitrogens with zero attached hydrogens (tertiary/aromatic N) is 5. The molecule has 0 unspecified atom stereocenters. The van der Waals surface area contributed by atoms with Gasteiger partial charge in [-0.3, -0.25) is 14.6 Å². The molecule has 0 bridgehead atoms. The fourth-order valence-corrected chi connectivity index (χ4v) is 3.91. The van der Waals surface area contributed by atoms with E-state index < -0.39 is 0 Å². The van der Waals surface area contributed by atoms with E-state index in [0.29, 0.717) is 13.2 Å². The Kier molecular flexibility index (Phi) is 5.15. The molecule has 3 aromatic rings. The van der Waals surface area contributed by atoms with E-state index in [1.54, 1.807) is 4.68 Å². The monoisotopic (exact) mass is 382 g/mol. The van der Waals surface area contributed by atoms with Crippen LogP contribution in [0.3, 0.4) is 0 Å². The van der Waals surface area contributed by atoms with Gasteiger partial charge < -0.3 is 14.5 Å². The first kappa shape index (κ1) is 18.6. The van der Waals surface area contributed by atoms with E-state index in [4.69, 9.17) is 4.74 Å². The average molecular weight is 382 g/mol. The SMILES string of the molecule is CN(C)C[C@@H]1OCCN(C(=O)Cc2[nH]nc3ccccc23)[C@H]1c1cnn(C)c1. The van der Waals surface area contributed by atoms with Crippen LogP contribution in [0.2, 0.25) is 0 Å². The number of H-pyrrole nitrogens is 1. The summed E-state index contributed by atoms with van der Waals surface area (Å²) in [7, 11) is 5.92. The Balaban J connectivity index is 1.62. The number of likely N-dealkylation sites (N-methyl/N-ethyl adjacent to an activating group) is 1. The molecular formula is C20H26N6O2. The Morgan fingerprint density at radius 3 is 2.93 bits per heavy atom. The lowest BCUT2D eigenvalue weighted by Gasteiger charge is -2.41. The number of benzene rings is 1. The highest BCUT2D eigenvalue weighted by Gasteiger charge is 2.37. The van der Waals surface area contributed by atoms with Crippen LogP contribution in [0, 0.1) is 0 Å². The third kappa shape index (κ3) is 3.65. The van der Waals surface area contributed by atoms with Crippen LogP contribution in [0.15, 0.2) is 36.7 Å². The topological polar surface area (TPSA) is 79.3 Å². The first-order valence-electron chi connectivity index (χ1n) is 9.49. The van der Waals surface area contributed by atoms with Gasteiger partial charge in [-0.1, -0.05) is 18.2 Å². The van der Waals surface area contributed by atoms with E-state index in [2.05, 4.69) is 20.2 Å². The first-order valence-corrected chi connectivity index (χ1v) is 9.49. The Morgan fingerprint density at radius 1 is 1.36 bits per heavy atom. The second-order valence-electron chi connectivity index (χ2n) is 7.55. The number of ether oxygens (including phenoxy) is 1. The largest absolute Gasteiger partial charge is 0.373 e. The summed E-state index contributed by atoms with van der Waals surface area (Å²) in [6, 6.07) is 7.69. The number of aryl methyl sites for hydroxylation is 1. The molecule has 1 aliphatic heterocycles.